The number of rotatable bonds is 7. The fraction of sp³-hybridized carbons (Fsp3) is 0.150. The van der Waals surface area contributed by atoms with Gasteiger partial charge in [0.15, 0.2) is 18.1 Å². The molecule has 2 aromatic carbocycles. The minimum atomic E-state index is -0.533. The lowest BCUT2D eigenvalue weighted by molar-refractivity contribution is -0.142. The van der Waals surface area contributed by atoms with Gasteiger partial charge in [-0.3, -0.25) is 4.79 Å². The average molecular weight is 571 g/mol. The highest BCUT2D eigenvalue weighted by molar-refractivity contribution is 14.1. The summed E-state index contributed by atoms with van der Waals surface area (Å²) in [6.45, 7) is -0.267. The van der Waals surface area contributed by atoms with Gasteiger partial charge in [0.25, 0.3) is 5.91 Å². The molecule has 1 amide bonds. The number of hydrogen-bond acceptors (Lipinski definition) is 6. The van der Waals surface area contributed by atoms with Crippen LogP contribution < -0.4 is 14.8 Å². The molecule has 0 fully saturated rings. The highest BCUT2D eigenvalue weighted by Crippen LogP contribution is 2.34. The first kappa shape index (κ1) is 22.7. The quantitative estimate of drug-likeness (QED) is 0.232. The van der Waals surface area contributed by atoms with E-state index in [4.69, 9.17) is 9.47 Å². The minimum Gasteiger partial charge on any atom is -0.493 e. The summed E-state index contributed by atoms with van der Waals surface area (Å²) in [4.78, 5) is 23.7. The monoisotopic (exact) mass is 570 g/mol. The van der Waals surface area contributed by atoms with Crippen molar-refractivity contribution in [2.45, 2.75) is 0 Å². The van der Waals surface area contributed by atoms with Crippen molar-refractivity contribution < 1.29 is 23.8 Å². The molecule has 0 saturated heterocycles. The van der Waals surface area contributed by atoms with Crippen LogP contribution in [0.25, 0.3) is 6.08 Å². The summed E-state index contributed by atoms with van der Waals surface area (Å²) >= 11 is 5.34. The van der Waals surface area contributed by atoms with Gasteiger partial charge >= 0.3 is 5.97 Å². The van der Waals surface area contributed by atoms with Crippen LogP contribution in [0.2, 0.25) is 0 Å². The molecule has 0 aliphatic carbocycles. The highest BCUT2D eigenvalue weighted by atomic mass is 127. The summed E-state index contributed by atoms with van der Waals surface area (Å²) in [5.41, 5.74) is 1.06. The van der Waals surface area contributed by atoms with E-state index in [1.807, 2.05) is 28.7 Å². The van der Waals surface area contributed by atoms with Crippen LogP contribution in [0.3, 0.4) is 0 Å². The van der Waals surface area contributed by atoms with Crippen molar-refractivity contribution in [3.8, 4) is 17.6 Å². The Balaban J connectivity index is 2.26. The second-order valence-electron chi connectivity index (χ2n) is 5.53. The van der Waals surface area contributed by atoms with Crippen LogP contribution in [-0.4, -0.2) is 32.7 Å². The Bertz CT molecular complexity index is 984. The molecule has 0 radical (unpaired) electrons. The van der Waals surface area contributed by atoms with E-state index in [0.717, 1.165) is 4.47 Å². The van der Waals surface area contributed by atoms with Crippen molar-refractivity contribution in [2.24, 2.45) is 0 Å². The zero-order valence-electron chi connectivity index (χ0n) is 15.5. The number of amides is 1. The normalized spacial score (nSPS) is 10.7. The van der Waals surface area contributed by atoms with Crippen LogP contribution in [0.1, 0.15) is 5.56 Å². The summed E-state index contributed by atoms with van der Waals surface area (Å²) in [5.74, 6) is -0.329. The van der Waals surface area contributed by atoms with E-state index in [1.165, 1.54) is 20.3 Å². The molecule has 0 unspecified atom stereocenters. The first-order valence-corrected chi connectivity index (χ1v) is 10.0. The van der Waals surface area contributed by atoms with Crippen LogP contribution in [0.4, 0.5) is 5.69 Å². The molecule has 0 atom stereocenters. The number of benzene rings is 2. The molecule has 0 aliphatic rings. The van der Waals surface area contributed by atoms with Gasteiger partial charge in [-0.05, 0) is 70.6 Å². The molecule has 2 rings (SSSR count). The van der Waals surface area contributed by atoms with Crippen LogP contribution in [0.5, 0.6) is 11.5 Å². The van der Waals surface area contributed by atoms with E-state index in [0.29, 0.717) is 26.3 Å². The van der Waals surface area contributed by atoms with Gasteiger partial charge in [0.1, 0.15) is 11.6 Å². The van der Waals surface area contributed by atoms with E-state index in [1.54, 1.807) is 36.4 Å². The number of anilines is 1. The summed E-state index contributed by atoms with van der Waals surface area (Å²) in [7, 11) is 2.72. The number of carbonyl (C=O) groups is 2. The van der Waals surface area contributed by atoms with E-state index in [9.17, 15) is 14.9 Å². The Hall–Kier alpha value is -2.58. The second-order valence-corrected chi connectivity index (χ2v) is 7.61. The Labute approximate surface area is 189 Å². The second kappa shape index (κ2) is 10.8. The third-order valence-corrected chi connectivity index (χ3v) is 4.92. The third-order valence-electron chi connectivity index (χ3n) is 3.59. The summed E-state index contributed by atoms with van der Waals surface area (Å²) in [6.07, 6.45) is 1.45. The molecule has 29 heavy (non-hydrogen) atoms. The number of halogens is 2. The maximum atomic E-state index is 12.4. The predicted octanol–water partition coefficient (Wildman–Crippen LogP) is 4.16. The maximum absolute atomic E-state index is 12.4. The van der Waals surface area contributed by atoms with Crippen LogP contribution >= 0.6 is 38.5 Å². The standard InChI is InChI=1S/C20H16BrIN2O5/c1-27-17-9-12(8-16(22)19(17)29-11-18(25)28-2)7-13(10-23)20(26)24-15-5-3-14(21)4-6-15/h3-9H,11H2,1-2H3,(H,24,26)/b13-7-. The minimum absolute atomic E-state index is 0.0750. The van der Waals surface area contributed by atoms with Crippen LogP contribution in [0, 0.1) is 14.9 Å². The third kappa shape index (κ3) is 6.47. The molecule has 0 bridgehead atoms. The highest BCUT2D eigenvalue weighted by Gasteiger charge is 2.15. The van der Waals surface area contributed by atoms with Crippen molar-refractivity contribution in [1.29, 1.82) is 5.26 Å². The Kier molecular flexibility index (Phi) is 8.48. The molecule has 0 saturated carbocycles. The Morgan fingerprint density at radius 3 is 2.52 bits per heavy atom. The number of ether oxygens (including phenoxy) is 3. The number of esters is 1. The van der Waals surface area contributed by atoms with E-state index in [2.05, 4.69) is 26.0 Å². The molecule has 150 valence electrons. The average Bonchev–Trinajstić information content (AvgIpc) is 2.72. The summed E-state index contributed by atoms with van der Waals surface area (Å²) < 4.78 is 16.9. The molecular weight excluding hydrogens is 555 g/mol. The van der Waals surface area contributed by atoms with Gasteiger partial charge in [0.05, 0.1) is 17.8 Å². The molecule has 2 aromatic rings. The predicted molar refractivity (Wildman–Crippen MR) is 120 cm³/mol. The van der Waals surface area contributed by atoms with Gasteiger partial charge in [-0.1, -0.05) is 15.9 Å². The first-order valence-electron chi connectivity index (χ1n) is 8.13. The molecule has 7 nitrogen and oxygen atoms in total. The number of hydrogen-bond donors (Lipinski definition) is 1. The van der Waals surface area contributed by atoms with Crippen molar-refractivity contribution >= 4 is 62.2 Å². The number of methoxy groups -OCH3 is 2. The van der Waals surface area contributed by atoms with Crippen molar-refractivity contribution in [1.82, 2.24) is 0 Å². The molecule has 0 heterocycles. The van der Waals surface area contributed by atoms with Gasteiger partial charge in [-0.25, -0.2) is 4.79 Å². The molecule has 0 aromatic heterocycles. The molecule has 9 heteroatoms. The van der Waals surface area contributed by atoms with Crippen molar-refractivity contribution in [3.05, 3.63) is 55.6 Å². The lowest BCUT2D eigenvalue weighted by Crippen LogP contribution is -2.14. The Morgan fingerprint density at radius 1 is 1.24 bits per heavy atom. The SMILES string of the molecule is COC(=O)COc1c(I)cc(/C=C(/C#N)C(=O)Nc2ccc(Br)cc2)cc1OC. The lowest BCUT2D eigenvalue weighted by Gasteiger charge is -2.13. The molecule has 1 N–H and O–H groups in total. The molecule has 0 aliphatic heterocycles. The van der Waals surface area contributed by atoms with Gasteiger partial charge in [-0.2, -0.15) is 5.26 Å². The zero-order chi connectivity index (χ0) is 21.4. The fourth-order valence-electron chi connectivity index (χ4n) is 2.20. The number of nitriles is 1. The number of nitrogens with zero attached hydrogens (tertiary/aromatic N) is 1. The van der Waals surface area contributed by atoms with Crippen LogP contribution in [-0.2, 0) is 14.3 Å². The summed E-state index contributed by atoms with van der Waals surface area (Å²) in [5, 5.41) is 12.1. The zero-order valence-corrected chi connectivity index (χ0v) is 19.2. The molecular formula is C20H16BrIN2O5. The van der Waals surface area contributed by atoms with Crippen molar-refractivity contribution in [2.75, 3.05) is 26.1 Å². The van der Waals surface area contributed by atoms with Gasteiger partial charge in [0.2, 0.25) is 0 Å². The summed E-state index contributed by atoms with van der Waals surface area (Å²) in [6, 6.07) is 12.2. The van der Waals surface area contributed by atoms with Gasteiger partial charge in [0, 0.05) is 10.2 Å². The Morgan fingerprint density at radius 2 is 1.93 bits per heavy atom. The van der Waals surface area contributed by atoms with E-state index in [-0.39, 0.29) is 12.2 Å². The van der Waals surface area contributed by atoms with Gasteiger partial charge in [-0.15, -0.1) is 0 Å². The topological polar surface area (TPSA) is 97.7 Å². The van der Waals surface area contributed by atoms with Crippen LogP contribution in [0.15, 0.2) is 46.4 Å². The maximum Gasteiger partial charge on any atom is 0.343 e. The number of nitrogens with one attached hydrogen (secondary N) is 1. The largest absolute Gasteiger partial charge is 0.493 e. The van der Waals surface area contributed by atoms with E-state index >= 15 is 0 Å². The van der Waals surface area contributed by atoms with Crippen molar-refractivity contribution in [3.63, 3.8) is 0 Å². The first-order chi connectivity index (χ1) is 13.9. The smallest absolute Gasteiger partial charge is 0.343 e. The fourth-order valence-corrected chi connectivity index (χ4v) is 3.25. The van der Waals surface area contributed by atoms with E-state index < -0.39 is 11.9 Å². The molecule has 0 spiro atoms. The van der Waals surface area contributed by atoms with Gasteiger partial charge < -0.3 is 19.5 Å². The lowest BCUT2D eigenvalue weighted by atomic mass is 10.1. The number of carbonyl (C=O) groups excluding carboxylic acids is 2.